The lowest BCUT2D eigenvalue weighted by molar-refractivity contribution is -0.382. The molecule has 3 aliphatic rings. The van der Waals surface area contributed by atoms with Gasteiger partial charge in [-0.05, 0) is 19.3 Å². The number of rotatable bonds is 58. The van der Waals surface area contributed by atoms with Crippen LogP contribution in [0.1, 0.15) is 200 Å². The second-order valence-electron chi connectivity index (χ2n) is 23.3. The Bertz CT molecular complexity index is 1460. The average Bonchev–Trinajstić information content (AvgIpc) is 3.46. The van der Waals surface area contributed by atoms with Gasteiger partial charge in [-0.1, -0.05) is 181 Å². The van der Waals surface area contributed by atoms with E-state index in [2.05, 4.69) is 13.8 Å². The van der Waals surface area contributed by atoms with Crippen LogP contribution >= 0.6 is 0 Å². The Morgan fingerprint density at radius 1 is 0.271 bits per heavy atom. The van der Waals surface area contributed by atoms with Gasteiger partial charge in [0.05, 0.1) is 85.9 Å². The normalized spacial score (nSPS) is 28.2. The van der Waals surface area contributed by atoms with Gasteiger partial charge in [-0.15, -0.1) is 0 Å². The first-order valence-corrected chi connectivity index (χ1v) is 33.5. The molecule has 0 spiro atoms. The summed E-state index contributed by atoms with van der Waals surface area (Å²) in [5.74, 6) is 0. The average molecular weight is 1230 g/mol. The van der Waals surface area contributed by atoms with Crippen molar-refractivity contribution in [2.24, 2.45) is 0 Å². The van der Waals surface area contributed by atoms with Gasteiger partial charge in [-0.3, -0.25) is 0 Å². The van der Waals surface area contributed by atoms with Gasteiger partial charge < -0.3 is 108 Å². The quantitative estimate of drug-likeness (QED) is 0.0319. The molecule has 0 bridgehead atoms. The lowest BCUT2D eigenvalue weighted by atomic mass is 9.96. The van der Waals surface area contributed by atoms with Gasteiger partial charge >= 0.3 is 0 Å². The van der Waals surface area contributed by atoms with Gasteiger partial charge in [0.1, 0.15) is 73.2 Å². The Hall–Kier alpha value is -0.880. The molecule has 15 atom stereocenters. The molecule has 6 unspecified atom stereocenters. The van der Waals surface area contributed by atoms with Crippen LogP contribution in [0.2, 0.25) is 0 Å². The Labute approximate surface area is 510 Å². The molecule has 22 heteroatoms. The number of unbranched alkanes of at least 4 members (excludes halogenated alkanes) is 26. The maximum atomic E-state index is 12.0. The summed E-state index contributed by atoms with van der Waals surface area (Å²) in [5, 5.41) is 96.8. The number of hydrogen-bond donors (Lipinski definition) is 9. The third-order valence-corrected chi connectivity index (χ3v) is 16.0. The molecular weight excluding hydrogens is 1110 g/mol. The molecule has 0 aromatic carbocycles. The van der Waals surface area contributed by atoms with Gasteiger partial charge in [0.2, 0.25) is 0 Å². The third kappa shape index (κ3) is 34.4. The van der Waals surface area contributed by atoms with Crippen LogP contribution in [0.3, 0.4) is 0 Å². The molecule has 506 valence electrons. The molecule has 0 aromatic rings. The Morgan fingerprint density at radius 3 is 1.11 bits per heavy atom. The SMILES string of the molecule is CCCCCCCCCCCCCCCCOCCOCC1OC(O[C@H]2C(COCCCOCCO)OC(O[C@H]3C(COCCOCCCCCCCCCCCCCCCC)OC(O)[C@H](O)[C@H]3OCCO)[C@H](O)[C@H]2O)[C@H](OCCO)[C@@H](O)[C@H]1O. The summed E-state index contributed by atoms with van der Waals surface area (Å²) < 4.78 is 77.3. The largest absolute Gasteiger partial charge is 0.394 e. The van der Waals surface area contributed by atoms with E-state index in [0.717, 1.165) is 25.7 Å². The first-order valence-electron chi connectivity index (χ1n) is 33.5. The van der Waals surface area contributed by atoms with E-state index in [1.54, 1.807) is 0 Å². The molecule has 3 fully saturated rings. The van der Waals surface area contributed by atoms with Gasteiger partial charge in [-0.2, -0.15) is 0 Å². The highest BCUT2D eigenvalue weighted by Gasteiger charge is 2.54. The Balaban J connectivity index is 1.56. The first kappa shape index (κ1) is 78.4. The van der Waals surface area contributed by atoms with Gasteiger partial charge in [0, 0.05) is 26.4 Å². The highest BCUT2D eigenvalue weighted by atomic mass is 16.8. The minimum atomic E-state index is -1.87. The molecule has 0 amide bonds. The number of aliphatic hydroxyl groups is 9. The van der Waals surface area contributed by atoms with Crippen molar-refractivity contribution in [1.82, 2.24) is 0 Å². The minimum Gasteiger partial charge on any atom is -0.394 e. The number of ether oxygens (including phenoxy) is 13. The highest BCUT2D eigenvalue weighted by molar-refractivity contribution is 4.97. The van der Waals surface area contributed by atoms with Gasteiger partial charge in [-0.25, -0.2) is 0 Å². The molecule has 3 aliphatic heterocycles. The molecule has 0 radical (unpaired) electrons. The molecule has 3 heterocycles. The number of aliphatic hydroxyl groups excluding tert-OH is 9. The topological polar surface area (TPSA) is 302 Å². The number of hydrogen-bond acceptors (Lipinski definition) is 22. The van der Waals surface area contributed by atoms with E-state index >= 15 is 0 Å². The second-order valence-corrected chi connectivity index (χ2v) is 23.3. The van der Waals surface area contributed by atoms with Gasteiger partial charge in [0.15, 0.2) is 18.9 Å². The van der Waals surface area contributed by atoms with Crippen LogP contribution < -0.4 is 0 Å². The Morgan fingerprint density at radius 2 is 0.624 bits per heavy atom. The fourth-order valence-corrected chi connectivity index (χ4v) is 11.0. The van der Waals surface area contributed by atoms with E-state index in [9.17, 15) is 40.9 Å². The van der Waals surface area contributed by atoms with E-state index in [4.69, 9.17) is 66.7 Å². The zero-order valence-electron chi connectivity index (χ0n) is 52.5. The summed E-state index contributed by atoms with van der Waals surface area (Å²) in [4.78, 5) is 0. The lowest BCUT2D eigenvalue weighted by Gasteiger charge is -2.49. The minimum absolute atomic E-state index is 0.137. The van der Waals surface area contributed by atoms with E-state index in [-0.39, 0.29) is 79.3 Å². The van der Waals surface area contributed by atoms with Crippen LogP contribution in [-0.4, -0.2) is 250 Å². The molecule has 85 heavy (non-hydrogen) atoms. The van der Waals surface area contributed by atoms with E-state index in [1.807, 2.05) is 0 Å². The fourth-order valence-electron chi connectivity index (χ4n) is 11.0. The van der Waals surface area contributed by atoms with Crippen molar-refractivity contribution >= 4 is 0 Å². The van der Waals surface area contributed by atoms with Crippen LogP contribution in [-0.2, 0) is 61.6 Å². The third-order valence-electron chi connectivity index (χ3n) is 16.0. The molecule has 3 saturated heterocycles. The molecule has 0 aromatic heterocycles. The predicted octanol–water partition coefficient (Wildman–Crippen LogP) is 5.93. The van der Waals surface area contributed by atoms with Crippen molar-refractivity contribution in [2.75, 3.05) is 112 Å². The molecular formula is C63H122O22. The van der Waals surface area contributed by atoms with Crippen molar-refractivity contribution in [3.63, 3.8) is 0 Å². The van der Waals surface area contributed by atoms with Crippen LogP contribution in [0.25, 0.3) is 0 Å². The molecule has 22 nitrogen and oxygen atoms in total. The summed E-state index contributed by atoms with van der Waals surface area (Å²) in [6, 6.07) is 0. The maximum absolute atomic E-state index is 12.0. The lowest BCUT2D eigenvalue weighted by Crippen LogP contribution is -2.67. The first-order chi connectivity index (χ1) is 41.6. The van der Waals surface area contributed by atoms with Gasteiger partial charge in [0.25, 0.3) is 0 Å². The van der Waals surface area contributed by atoms with Crippen LogP contribution in [0, 0.1) is 0 Å². The van der Waals surface area contributed by atoms with Crippen LogP contribution in [0.4, 0.5) is 0 Å². The van der Waals surface area contributed by atoms with Crippen LogP contribution in [0.5, 0.6) is 0 Å². The van der Waals surface area contributed by atoms with Crippen molar-refractivity contribution in [1.29, 1.82) is 0 Å². The smallest absolute Gasteiger partial charge is 0.187 e. The zero-order valence-corrected chi connectivity index (χ0v) is 52.5. The summed E-state index contributed by atoms with van der Waals surface area (Å²) >= 11 is 0. The summed E-state index contributed by atoms with van der Waals surface area (Å²) in [6.45, 7) is 4.97. The molecule has 0 saturated carbocycles. The summed E-state index contributed by atoms with van der Waals surface area (Å²) in [6.07, 6.45) is 13.4. The standard InChI is InChI=1S/C63H122O22/c1-3-5-7-9-11-13-15-17-19-21-23-25-27-29-35-74-42-44-77-46-49-52(67)53(68)60(80-41-34-66)63(82-49)84-57-50(47-76-38-31-37-73-39-32-64)83-62(55(70)54(57)69)85-58-51(81-61(72)56(71)59(58)79-40-33-65)48-78-45-43-75-36-30-28-26-24-22-20-18-16-14-12-10-8-6-4-2/h49-72H,3-48H2,1-2H3/t49?,50?,51?,52-,53-,54+,55+,56+,57-,58-,59+,60+,61?,62?,63?/m0/s1. The zero-order chi connectivity index (χ0) is 61.4. The molecule has 0 aliphatic carbocycles. The monoisotopic (exact) mass is 1230 g/mol. The maximum Gasteiger partial charge on any atom is 0.187 e. The molecule has 3 rings (SSSR count). The van der Waals surface area contributed by atoms with Crippen molar-refractivity contribution in [3.8, 4) is 0 Å². The second kappa shape index (κ2) is 52.7. The molecule has 9 N–H and O–H groups in total. The highest BCUT2D eigenvalue weighted by Crippen LogP contribution is 2.34. The van der Waals surface area contributed by atoms with Crippen molar-refractivity contribution in [3.05, 3.63) is 0 Å². The van der Waals surface area contributed by atoms with Crippen molar-refractivity contribution < 1.29 is 108 Å². The van der Waals surface area contributed by atoms with E-state index in [1.165, 1.54) is 154 Å². The van der Waals surface area contributed by atoms with Crippen LogP contribution in [0.15, 0.2) is 0 Å². The van der Waals surface area contributed by atoms with Crippen molar-refractivity contribution in [2.45, 2.75) is 292 Å². The fraction of sp³-hybridized carbons (Fsp3) is 1.00. The van der Waals surface area contributed by atoms with E-state index < -0.39 is 105 Å². The van der Waals surface area contributed by atoms with E-state index in [0.29, 0.717) is 26.2 Å². The Kier molecular flexibility index (Phi) is 48.6. The predicted molar refractivity (Wildman–Crippen MR) is 319 cm³/mol. The summed E-state index contributed by atoms with van der Waals surface area (Å²) in [7, 11) is 0. The summed E-state index contributed by atoms with van der Waals surface area (Å²) in [5.41, 5.74) is 0.